The van der Waals surface area contributed by atoms with E-state index >= 15 is 0 Å². The molecule has 256 valence electrons. The zero-order valence-electron chi connectivity index (χ0n) is 28.3. The van der Waals surface area contributed by atoms with Gasteiger partial charge in [-0.15, -0.1) is 0 Å². The minimum absolute atomic E-state index is 0.0857. The Kier molecular flexibility index (Phi) is 9.70. The van der Waals surface area contributed by atoms with Crippen LogP contribution >= 0.6 is 0 Å². The summed E-state index contributed by atoms with van der Waals surface area (Å²) in [4.78, 5) is 45.8. The fourth-order valence-electron chi connectivity index (χ4n) is 9.10. The molecule has 0 unspecified atom stereocenters. The molecular formula is C41H49N4O4+. The molecule has 0 aromatic heterocycles. The molecule has 3 fully saturated rings. The van der Waals surface area contributed by atoms with Crippen molar-refractivity contribution < 1.29 is 24.0 Å². The molecule has 3 saturated heterocycles. The number of hydrogen-bond donors (Lipinski definition) is 2. The van der Waals surface area contributed by atoms with Gasteiger partial charge in [0.1, 0.15) is 12.1 Å². The summed E-state index contributed by atoms with van der Waals surface area (Å²) in [6, 6.07) is 28.8. The number of β-amino-alcohol motifs (C(OH)–C–C–N with tert-alkyl or cyclic N) is 1. The van der Waals surface area contributed by atoms with Gasteiger partial charge < -0.3 is 24.7 Å². The molecule has 4 aliphatic heterocycles. The number of carbonyl (C=O) groups is 3. The third kappa shape index (κ3) is 6.69. The second kappa shape index (κ2) is 14.3. The standard InChI is InChI=1S/C41H48N4O4/c46-35-26-37(40(49)43-22-12-21-36(43)39(48)42-28-31-14-13-25-45(30-31)23-10-11-24-45)44(29-35)38(47)27-41(32-15-4-1-5-16-32,33-17-6-2-7-18-33)34-19-8-3-9-20-34/h1-11,15-20,31,35-37,46H,12-14,21-30H2/p+1/t31-,35-,36-,37+/m1/s1. The Hall–Kier alpha value is -4.27. The molecule has 7 rings (SSSR count). The highest BCUT2D eigenvalue weighted by atomic mass is 16.3. The van der Waals surface area contributed by atoms with E-state index in [1.807, 2.05) is 54.6 Å². The van der Waals surface area contributed by atoms with E-state index in [2.05, 4.69) is 53.9 Å². The maximum Gasteiger partial charge on any atom is 0.246 e. The van der Waals surface area contributed by atoms with Crippen LogP contribution in [0.1, 0.15) is 55.2 Å². The normalized spacial score (nSPS) is 24.8. The molecule has 4 atom stereocenters. The minimum atomic E-state index is -0.818. The molecule has 1 spiro atoms. The topological polar surface area (TPSA) is 89.9 Å². The fourth-order valence-corrected chi connectivity index (χ4v) is 9.10. The number of amides is 3. The Morgan fingerprint density at radius 2 is 1.37 bits per heavy atom. The van der Waals surface area contributed by atoms with E-state index in [1.54, 1.807) is 9.80 Å². The van der Waals surface area contributed by atoms with Gasteiger partial charge >= 0.3 is 0 Å². The summed E-state index contributed by atoms with van der Waals surface area (Å²) in [5, 5.41) is 14.1. The van der Waals surface area contributed by atoms with Gasteiger partial charge in [-0.05, 0) is 54.5 Å². The highest BCUT2D eigenvalue weighted by Crippen LogP contribution is 2.43. The van der Waals surface area contributed by atoms with Crippen molar-refractivity contribution in [3.8, 4) is 0 Å². The predicted molar refractivity (Wildman–Crippen MR) is 189 cm³/mol. The number of likely N-dealkylation sites (tertiary alicyclic amines) is 2. The summed E-state index contributed by atoms with van der Waals surface area (Å²) >= 11 is 0. The molecule has 8 heteroatoms. The molecule has 0 saturated carbocycles. The van der Waals surface area contributed by atoms with Crippen LogP contribution in [0.4, 0.5) is 0 Å². The van der Waals surface area contributed by atoms with Crippen LogP contribution in [0.5, 0.6) is 0 Å². The van der Waals surface area contributed by atoms with E-state index in [9.17, 15) is 19.5 Å². The summed E-state index contributed by atoms with van der Waals surface area (Å²) in [6.45, 7) is 5.64. The Labute approximate surface area is 290 Å². The van der Waals surface area contributed by atoms with Crippen LogP contribution in [0, 0.1) is 5.92 Å². The predicted octanol–water partition coefficient (Wildman–Crippen LogP) is 4.28. The SMILES string of the molecule is O=C(NC[C@H]1CCC[N+]2(CC=CC2)C1)[C@H]1CCCN1C(=O)[C@@H]1C[C@@H](O)CN1C(=O)CC(c1ccccc1)(c1ccccc1)c1ccccc1. The summed E-state index contributed by atoms with van der Waals surface area (Å²) in [5.41, 5.74) is 2.12. The average molecular weight is 662 g/mol. The van der Waals surface area contributed by atoms with Gasteiger partial charge in [0.25, 0.3) is 0 Å². The minimum Gasteiger partial charge on any atom is -0.391 e. The lowest BCUT2D eigenvalue weighted by Gasteiger charge is -2.41. The lowest BCUT2D eigenvalue weighted by Crippen LogP contribution is -2.56. The van der Waals surface area contributed by atoms with Gasteiger partial charge in [-0.25, -0.2) is 0 Å². The average Bonchev–Trinajstić information content (AvgIpc) is 3.91. The van der Waals surface area contributed by atoms with Crippen molar-refractivity contribution in [1.29, 1.82) is 0 Å². The molecule has 49 heavy (non-hydrogen) atoms. The van der Waals surface area contributed by atoms with Crippen LogP contribution in [0.3, 0.4) is 0 Å². The van der Waals surface area contributed by atoms with E-state index < -0.39 is 23.6 Å². The number of nitrogens with zero attached hydrogens (tertiary/aromatic N) is 3. The van der Waals surface area contributed by atoms with Crippen molar-refractivity contribution in [3.05, 3.63) is 120 Å². The molecule has 0 aliphatic carbocycles. The number of aliphatic hydroxyl groups is 1. The maximum absolute atomic E-state index is 14.6. The van der Waals surface area contributed by atoms with Gasteiger partial charge in [0, 0.05) is 38.4 Å². The van der Waals surface area contributed by atoms with Gasteiger partial charge in [0.15, 0.2) is 0 Å². The van der Waals surface area contributed by atoms with Crippen LogP contribution in [-0.4, -0.2) is 101 Å². The quantitative estimate of drug-likeness (QED) is 0.204. The van der Waals surface area contributed by atoms with Crippen LogP contribution in [0.25, 0.3) is 0 Å². The van der Waals surface area contributed by atoms with Crippen molar-refractivity contribution in [2.24, 2.45) is 5.92 Å². The van der Waals surface area contributed by atoms with Crippen molar-refractivity contribution in [3.63, 3.8) is 0 Å². The van der Waals surface area contributed by atoms with Crippen LogP contribution in [0.15, 0.2) is 103 Å². The molecule has 3 aromatic rings. The Balaban J connectivity index is 1.10. The van der Waals surface area contributed by atoms with E-state index in [1.165, 1.54) is 13.0 Å². The first-order valence-electron chi connectivity index (χ1n) is 18.1. The smallest absolute Gasteiger partial charge is 0.246 e. The molecular weight excluding hydrogens is 612 g/mol. The number of benzene rings is 3. The molecule has 3 amide bonds. The van der Waals surface area contributed by atoms with Crippen LogP contribution in [0.2, 0.25) is 0 Å². The summed E-state index contributed by atoms with van der Waals surface area (Å²) in [6.07, 6.45) is 7.63. The van der Waals surface area contributed by atoms with Crippen LogP contribution in [-0.2, 0) is 19.8 Å². The summed E-state index contributed by atoms with van der Waals surface area (Å²) < 4.78 is 1.10. The fraction of sp³-hybridized carbons (Fsp3) is 0.439. The van der Waals surface area contributed by atoms with Crippen LogP contribution < -0.4 is 5.32 Å². The Morgan fingerprint density at radius 1 is 0.776 bits per heavy atom. The van der Waals surface area contributed by atoms with Gasteiger partial charge in [0.2, 0.25) is 17.7 Å². The zero-order chi connectivity index (χ0) is 33.8. The van der Waals surface area contributed by atoms with E-state index in [-0.39, 0.29) is 37.1 Å². The molecule has 8 nitrogen and oxygen atoms in total. The molecule has 3 aromatic carbocycles. The van der Waals surface area contributed by atoms with Gasteiger partial charge in [-0.2, -0.15) is 0 Å². The second-order valence-electron chi connectivity index (χ2n) is 14.7. The first-order valence-corrected chi connectivity index (χ1v) is 18.1. The number of carbonyl (C=O) groups excluding carboxylic acids is 3. The lowest BCUT2D eigenvalue weighted by atomic mass is 9.67. The van der Waals surface area contributed by atoms with Gasteiger partial charge in [-0.1, -0.05) is 91.0 Å². The van der Waals surface area contributed by atoms with Crippen molar-refractivity contribution >= 4 is 17.7 Å². The maximum atomic E-state index is 14.6. The zero-order valence-corrected chi connectivity index (χ0v) is 28.3. The lowest BCUT2D eigenvalue weighted by molar-refractivity contribution is -0.920. The Morgan fingerprint density at radius 3 is 1.96 bits per heavy atom. The number of hydrogen-bond acceptors (Lipinski definition) is 4. The van der Waals surface area contributed by atoms with Gasteiger partial charge in [0.05, 0.1) is 37.7 Å². The molecule has 4 heterocycles. The molecule has 4 aliphatic rings. The number of rotatable bonds is 9. The number of nitrogens with one attached hydrogen (secondary N) is 1. The Bertz CT molecular complexity index is 1540. The highest BCUT2D eigenvalue weighted by molar-refractivity contribution is 5.93. The highest BCUT2D eigenvalue weighted by Gasteiger charge is 2.47. The van der Waals surface area contributed by atoms with E-state index in [0.29, 0.717) is 25.4 Å². The largest absolute Gasteiger partial charge is 0.391 e. The summed E-state index contributed by atoms with van der Waals surface area (Å²) in [7, 11) is 0. The van der Waals surface area contributed by atoms with Crippen molar-refractivity contribution in [1.82, 2.24) is 15.1 Å². The molecule has 2 N–H and O–H groups in total. The first kappa shape index (κ1) is 33.2. The first-order chi connectivity index (χ1) is 23.9. The van der Waals surface area contributed by atoms with Crippen molar-refractivity contribution in [2.75, 3.05) is 45.8 Å². The molecule has 0 radical (unpaired) electrons. The number of aliphatic hydroxyl groups excluding tert-OH is 1. The monoisotopic (exact) mass is 661 g/mol. The van der Waals surface area contributed by atoms with Gasteiger partial charge in [-0.3, -0.25) is 14.4 Å². The third-order valence-corrected chi connectivity index (χ3v) is 11.5. The van der Waals surface area contributed by atoms with Crippen molar-refractivity contribution in [2.45, 2.75) is 62.1 Å². The number of piperidine rings is 1. The van der Waals surface area contributed by atoms with E-state index in [4.69, 9.17) is 0 Å². The third-order valence-electron chi connectivity index (χ3n) is 11.5. The van der Waals surface area contributed by atoms with E-state index in [0.717, 1.165) is 53.6 Å². The molecule has 0 bridgehead atoms. The summed E-state index contributed by atoms with van der Waals surface area (Å²) in [5.74, 6) is -0.106. The second-order valence-corrected chi connectivity index (χ2v) is 14.7. The number of quaternary nitrogens is 1.